The number of nitrogens with zero attached hydrogens (tertiary/aromatic N) is 2. The quantitative estimate of drug-likeness (QED) is 0.380. The molecule has 0 aromatic carbocycles. The summed E-state index contributed by atoms with van der Waals surface area (Å²) in [5.41, 5.74) is 0. The van der Waals surface area contributed by atoms with E-state index in [2.05, 4.69) is 42.3 Å². The lowest BCUT2D eigenvalue weighted by molar-refractivity contribution is -0.704. The fourth-order valence-electron chi connectivity index (χ4n) is 2.83. The Morgan fingerprint density at radius 2 is 1.55 bits per heavy atom. The highest BCUT2D eigenvalue weighted by Gasteiger charge is 2.15. The van der Waals surface area contributed by atoms with Crippen molar-refractivity contribution in [1.82, 2.24) is 4.57 Å². The van der Waals surface area contributed by atoms with E-state index in [1.54, 1.807) is 5.82 Å². The minimum absolute atomic E-state index is 1.20. The number of aryl methyl sites for hydroxylation is 2. The zero-order valence-electron chi connectivity index (χ0n) is 14.0. The molecule has 0 saturated carbocycles. The average Bonchev–Trinajstić information content (AvgIpc) is 2.82. The fourth-order valence-corrected chi connectivity index (χ4v) is 2.83. The molecule has 116 valence electrons. The van der Waals surface area contributed by atoms with E-state index in [4.69, 9.17) is 0 Å². The van der Waals surface area contributed by atoms with Crippen LogP contribution in [-0.2, 0) is 19.5 Å². The Hall–Kier alpha value is -0.790. The maximum Gasteiger partial charge on any atom is 0.256 e. The maximum atomic E-state index is 2.50. The fraction of sp³-hybridized carbons (Fsp3) is 0.833. The molecule has 0 spiro atoms. The highest BCUT2D eigenvalue weighted by molar-refractivity contribution is 4.84. The predicted octanol–water partition coefficient (Wildman–Crippen LogP) is 4.89. The van der Waals surface area contributed by atoms with Gasteiger partial charge in [-0.1, -0.05) is 46.5 Å². The number of aromatic nitrogens is 2. The lowest BCUT2D eigenvalue weighted by atomic mass is 10.1. The molecule has 0 bridgehead atoms. The third kappa shape index (κ3) is 6.11. The molecule has 0 fully saturated rings. The molecule has 20 heavy (non-hydrogen) atoms. The van der Waals surface area contributed by atoms with Crippen LogP contribution in [0.15, 0.2) is 12.4 Å². The van der Waals surface area contributed by atoms with Crippen LogP contribution >= 0.6 is 0 Å². The molecule has 0 saturated heterocycles. The van der Waals surface area contributed by atoms with E-state index in [9.17, 15) is 0 Å². The van der Waals surface area contributed by atoms with Crippen molar-refractivity contribution in [3.8, 4) is 0 Å². The Morgan fingerprint density at radius 1 is 0.850 bits per heavy atom. The van der Waals surface area contributed by atoms with Gasteiger partial charge in [-0.2, -0.15) is 0 Å². The van der Waals surface area contributed by atoms with Gasteiger partial charge in [0.15, 0.2) is 0 Å². The number of hydrogen-bond donors (Lipinski definition) is 0. The average molecular weight is 279 g/mol. The van der Waals surface area contributed by atoms with E-state index in [1.807, 2.05) is 0 Å². The molecule has 0 atom stereocenters. The highest BCUT2D eigenvalue weighted by atomic mass is 15.1. The Morgan fingerprint density at radius 3 is 2.25 bits per heavy atom. The normalized spacial score (nSPS) is 11.2. The van der Waals surface area contributed by atoms with Crippen molar-refractivity contribution in [2.75, 3.05) is 0 Å². The van der Waals surface area contributed by atoms with Crippen molar-refractivity contribution in [2.24, 2.45) is 0 Å². The Labute approximate surface area is 126 Å². The summed E-state index contributed by atoms with van der Waals surface area (Å²) in [6.07, 6.45) is 17.9. The Balaban J connectivity index is 2.47. The van der Waals surface area contributed by atoms with E-state index in [-0.39, 0.29) is 0 Å². The molecule has 0 aliphatic carbocycles. The molecule has 0 aliphatic rings. The minimum Gasteiger partial charge on any atom is -0.234 e. The van der Waals surface area contributed by atoms with Crippen LogP contribution in [0.5, 0.6) is 0 Å². The SMILES string of the molecule is CCCCCCCn1cc[n+](CCCCC)c1CCC. The smallest absolute Gasteiger partial charge is 0.234 e. The molecule has 0 aliphatic heterocycles. The van der Waals surface area contributed by atoms with E-state index >= 15 is 0 Å². The van der Waals surface area contributed by atoms with Gasteiger partial charge in [-0.05, 0) is 32.1 Å². The van der Waals surface area contributed by atoms with E-state index in [1.165, 1.54) is 77.3 Å². The Bertz CT molecular complexity index is 341. The lowest BCUT2D eigenvalue weighted by Crippen LogP contribution is -2.37. The standard InChI is InChI=1S/C18H35N2/c1-4-7-9-10-12-15-20-17-16-19(14-11-8-5-2)18(20)13-6-3/h16-17H,4-15H2,1-3H3/q+1. The molecule has 0 amide bonds. The third-order valence-corrected chi connectivity index (χ3v) is 4.07. The van der Waals surface area contributed by atoms with Crippen molar-refractivity contribution in [3.63, 3.8) is 0 Å². The first-order valence-electron chi connectivity index (χ1n) is 8.90. The van der Waals surface area contributed by atoms with Gasteiger partial charge >= 0.3 is 0 Å². The monoisotopic (exact) mass is 279 g/mol. The summed E-state index contributed by atoms with van der Waals surface area (Å²) in [6.45, 7) is 9.25. The van der Waals surface area contributed by atoms with Gasteiger partial charge in [0.2, 0.25) is 0 Å². The predicted molar refractivity (Wildman–Crippen MR) is 86.9 cm³/mol. The molecule has 0 unspecified atom stereocenters. The topological polar surface area (TPSA) is 8.81 Å². The van der Waals surface area contributed by atoms with Crippen LogP contribution in [0.3, 0.4) is 0 Å². The zero-order valence-corrected chi connectivity index (χ0v) is 14.0. The largest absolute Gasteiger partial charge is 0.256 e. The molecule has 2 nitrogen and oxygen atoms in total. The summed E-state index contributed by atoms with van der Waals surface area (Å²) >= 11 is 0. The van der Waals surface area contributed by atoms with Gasteiger partial charge in [0.25, 0.3) is 5.82 Å². The molecular formula is C18H35N2+. The van der Waals surface area contributed by atoms with Crippen LogP contribution in [-0.4, -0.2) is 4.57 Å². The van der Waals surface area contributed by atoms with Gasteiger partial charge in [-0.3, -0.25) is 0 Å². The molecule has 1 heterocycles. The summed E-state index contributed by atoms with van der Waals surface area (Å²) in [4.78, 5) is 0. The number of imidazole rings is 1. The van der Waals surface area contributed by atoms with Gasteiger partial charge in [-0.15, -0.1) is 0 Å². The first-order valence-corrected chi connectivity index (χ1v) is 8.90. The van der Waals surface area contributed by atoms with Gasteiger partial charge in [0.05, 0.1) is 13.1 Å². The van der Waals surface area contributed by atoms with E-state index < -0.39 is 0 Å². The first kappa shape index (κ1) is 17.3. The van der Waals surface area contributed by atoms with Gasteiger partial charge in [0.1, 0.15) is 12.4 Å². The van der Waals surface area contributed by atoms with E-state index in [0.29, 0.717) is 0 Å². The first-order chi connectivity index (χ1) is 9.83. The lowest BCUT2D eigenvalue weighted by Gasteiger charge is -2.04. The Kier molecular flexibility index (Phi) is 9.44. The molecule has 1 aromatic heterocycles. The van der Waals surface area contributed by atoms with E-state index in [0.717, 1.165) is 0 Å². The van der Waals surface area contributed by atoms with Crippen LogP contribution in [0.25, 0.3) is 0 Å². The highest BCUT2D eigenvalue weighted by Crippen LogP contribution is 2.07. The van der Waals surface area contributed by atoms with Crippen LogP contribution < -0.4 is 4.57 Å². The number of unbranched alkanes of at least 4 members (excludes halogenated alkanes) is 6. The number of rotatable bonds is 12. The molecule has 0 radical (unpaired) electrons. The summed E-state index contributed by atoms with van der Waals surface area (Å²) in [5.74, 6) is 1.54. The molecule has 0 N–H and O–H groups in total. The van der Waals surface area contributed by atoms with Crippen LogP contribution in [0.1, 0.15) is 84.4 Å². The summed E-state index contributed by atoms with van der Waals surface area (Å²) in [5, 5.41) is 0. The van der Waals surface area contributed by atoms with Crippen LogP contribution in [0.4, 0.5) is 0 Å². The van der Waals surface area contributed by atoms with Crippen molar-refractivity contribution in [2.45, 2.75) is 98.1 Å². The van der Waals surface area contributed by atoms with Crippen molar-refractivity contribution in [1.29, 1.82) is 0 Å². The third-order valence-electron chi connectivity index (χ3n) is 4.07. The van der Waals surface area contributed by atoms with Crippen molar-refractivity contribution < 1.29 is 4.57 Å². The minimum atomic E-state index is 1.20. The molecule has 2 heteroatoms. The van der Waals surface area contributed by atoms with Crippen LogP contribution in [0, 0.1) is 0 Å². The van der Waals surface area contributed by atoms with Gasteiger partial charge in [0, 0.05) is 6.42 Å². The maximum absolute atomic E-state index is 2.50. The summed E-state index contributed by atoms with van der Waals surface area (Å²) in [7, 11) is 0. The zero-order chi connectivity index (χ0) is 14.6. The number of hydrogen-bond acceptors (Lipinski definition) is 0. The second-order valence-corrected chi connectivity index (χ2v) is 5.97. The van der Waals surface area contributed by atoms with Crippen molar-refractivity contribution >= 4 is 0 Å². The van der Waals surface area contributed by atoms with Crippen LogP contribution in [0.2, 0.25) is 0 Å². The molecular weight excluding hydrogens is 244 g/mol. The van der Waals surface area contributed by atoms with Crippen molar-refractivity contribution in [3.05, 3.63) is 18.2 Å². The summed E-state index contributed by atoms with van der Waals surface area (Å²) < 4.78 is 4.99. The molecule has 1 rings (SSSR count). The van der Waals surface area contributed by atoms with Gasteiger partial charge in [-0.25, -0.2) is 9.13 Å². The summed E-state index contributed by atoms with van der Waals surface area (Å²) in [6, 6.07) is 0. The second kappa shape index (κ2) is 10.9. The van der Waals surface area contributed by atoms with Gasteiger partial charge < -0.3 is 0 Å². The molecule has 1 aromatic rings. The second-order valence-electron chi connectivity index (χ2n) is 5.97.